The second kappa shape index (κ2) is 6.01. The molecule has 0 atom stereocenters. The van der Waals surface area contributed by atoms with E-state index in [0.29, 0.717) is 11.4 Å². The molecule has 0 saturated heterocycles. The Morgan fingerprint density at radius 2 is 1.95 bits per heavy atom. The van der Waals surface area contributed by atoms with Gasteiger partial charge in [0.15, 0.2) is 0 Å². The number of aromatic nitrogens is 2. The van der Waals surface area contributed by atoms with Gasteiger partial charge in [0.05, 0.1) is 13.5 Å². The van der Waals surface area contributed by atoms with Gasteiger partial charge in [-0.25, -0.2) is 0 Å². The first-order valence-corrected chi connectivity index (χ1v) is 6.05. The van der Waals surface area contributed by atoms with Crippen molar-refractivity contribution in [2.45, 2.75) is 6.42 Å². The van der Waals surface area contributed by atoms with Crippen LogP contribution in [-0.2, 0) is 23.0 Å². The average molecular weight is 273 g/mol. The van der Waals surface area contributed by atoms with Gasteiger partial charge in [0, 0.05) is 18.9 Å². The first-order valence-electron chi connectivity index (χ1n) is 6.05. The SMILES string of the molecule is COC(=O)Cc1ccc(NC(=O)c2ccnn2C)cc1. The first kappa shape index (κ1) is 13.8. The number of carbonyl (C=O) groups is 2. The van der Waals surface area contributed by atoms with Crippen LogP contribution < -0.4 is 5.32 Å². The third-order valence-electron chi connectivity index (χ3n) is 2.84. The number of ether oxygens (including phenoxy) is 1. The molecule has 6 heteroatoms. The van der Waals surface area contributed by atoms with Crippen LogP contribution in [0, 0.1) is 0 Å². The Kier molecular flexibility index (Phi) is 4.14. The summed E-state index contributed by atoms with van der Waals surface area (Å²) in [5.74, 6) is -0.526. The van der Waals surface area contributed by atoms with Crippen LogP contribution in [0.25, 0.3) is 0 Å². The predicted molar refractivity (Wildman–Crippen MR) is 73.3 cm³/mol. The number of amides is 1. The van der Waals surface area contributed by atoms with Gasteiger partial charge in [-0.2, -0.15) is 5.10 Å². The fraction of sp³-hybridized carbons (Fsp3) is 0.214. The van der Waals surface area contributed by atoms with Crippen molar-refractivity contribution < 1.29 is 14.3 Å². The minimum absolute atomic E-state index is 0.215. The maximum atomic E-state index is 12.0. The van der Waals surface area contributed by atoms with E-state index in [-0.39, 0.29) is 18.3 Å². The summed E-state index contributed by atoms with van der Waals surface area (Å²) in [6.07, 6.45) is 1.78. The molecule has 1 amide bonds. The molecule has 0 aliphatic carbocycles. The van der Waals surface area contributed by atoms with E-state index in [0.717, 1.165) is 5.56 Å². The van der Waals surface area contributed by atoms with Gasteiger partial charge in [0.2, 0.25) is 0 Å². The number of esters is 1. The Labute approximate surface area is 116 Å². The molecule has 104 valence electrons. The molecular formula is C14H15N3O3. The summed E-state index contributed by atoms with van der Waals surface area (Å²) >= 11 is 0. The number of nitrogens with zero attached hydrogens (tertiary/aromatic N) is 2. The number of carbonyl (C=O) groups excluding carboxylic acids is 2. The smallest absolute Gasteiger partial charge is 0.309 e. The number of methoxy groups -OCH3 is 1. The van der Waals surface area contributed by atoms with Crippen LogP contribution in [0.1, 0.15) is 16.1 Å². The summed E-state index contributed by atoms with van der Waals surface area (Å²) in [6, 6.07) is 8.67. The second-order valence-electron chi connectivity index (χ2n) is 4.24. The Morgan fingerprint density at radius 1 is 1.25 bits per heavy atom. The summed E-state index contributed by atoms with van der Waals surface area (Å²) in [5, 5.41) is 6.70. The quantitative estimate of drug-likeness (QED) is 0.854. The Balaban J connectivity index is 2.02. The Bertz CT molecular complexity index is 617. The molecule has 1 N–H and O–H groups in total. The van der Waals surface area contributed by atoms with Crippen LogP contribution in [0.4, 0.5) is 5.69 Å². The van der Waals surface area contributed by atoms with Gasteiger partial charge in [0.25, 0.3) is 5.91 Å². The predicted octanol–water partition coefficient (Wildman–Crippen LogP) is 1.39. The van der Waals surface area contributed by atoms with Crippen molar-refractivity contribution in [2.24, 2.45) is 7.05 Å². The molecule has 0 unspecified atom stereocenters. The molecule has 2 rings (SSSR count). The number of hydrogen-bond donors (Lipinski definition) is 1. The zero-order chi connectivity index (χ0) is 14.5. The molecule has 0 aliphatic heterocycles. The third kappa shape index (κ3) is 3.23. The molecule has 1 aromatic heterocycles. The van der Waals surface area contributed by atoms with Crippen molar-refractivity contribution in [1.82, 2.24) is 9.78 Å². The van der Waals surface area contributed by atoms with E-state index in [1.165, 1.54) is 11.8 Å². The zero-order valence-electron chi connectivity index (χ0n) is 11.3. The number of anilines is 1. The standard InChI is InChI=1S/C14H15N3O3/c1-17-12(7-8-15-17)14(19)16-11-5-3-10(4-6-11)9-13(18)20-2/h3-8H,9H2,1-2H3,(H,16,19). The molecule has 1 heterocycles. The monoisotopic (exact) mass is 273 g/mol. The lowest BCUT2D eigenvalue weighted by Crippen LogP contribution is -2.16. The van der Waals surface area contributed by atoms with Crippen molar-refractivity contribution in [3.63, 3.8) is 0 Å². The van der Waals surface area contributed by atoms with Crippen LogP contribution in [0.2, 0.25) is 0 Å². The fourth-order valence-electron chi connectivity index (χ4n) is 1.74. The highest BCUT2D eigenvalue weighted by molar-refractivity contribution is 6.03. The lowest BCUT2D eigenvalue weighted by Gasteiger charge is -2.06. The maximum absolute atomic E-state index is 12.0. The van der Waals surface area contributed by atoms with E-state index in [1.807, 2.05) is 0 Å². The van der Waals surface area contributed by atoms with Gasteiger partial charge in [-0.05, 0) is 23.8 Å². The summed E-state index contributed by atoms with van der Waals surface area (Å²) < 4.78 is 6.09. The van der Waals surface area contributed by atoms with Gasteiger partial charge in [0.1, 0.15) is 5.69 Å². The minimum atomic E-state index is -0.295. The van der Waals surface area contributed by atoms with E-state index in [1.54, 1.807) is 43.6 Å². The van der Waals surface area contributed by atoms with Crippen molar-refractivity contribution in [3.05, 3.63) is 47.8 Å². The van der Waals surface area contributed by atoms with Crippen LogP contribution >= 0.6 is 0 Å². The van der Waals surface area contributed by atoms with Gasteiger partial charge in [-0.1, -0.05) is 12.1 Å². The Hall–Kier alpha value is -2.63. The molecule has 0 aliphatic rings. The van der Waals surface area contributed by atoms with Crippen molar-refractivity contribution in [2.75, 3.05) is 12.4 Å². The van der Waals surface area contributed by atoms with Gasteiger partial charge < -0.3 is 10.1 Å². The zero-order valence-corrected chi connectivity index (χ0v) is 11.3. The summed E-state index contributed by atoms with van der Waals surface area (Å²) in [6.45, 7) is 0. The lowest BCUT2D eigenvalue weighted by atomic mass is 10.1. The number of hydrogen-bond acceptors (Lipinski definition) is 4. The molecule has 0 spiro atoms. The van der Waals surface area contributed by atoms with Crippen LogP contribution in [0.3, 0.4) is 0 Å². The highest BCUT2D eigenvalue weighted by Gasteiger charge is 2.10. The highest BCUT2D eigenvalue weighted by Crippen LogP contribution is 2.12. The molecule has 0 saturated carbocycles. The fourth-order valence-corrected chi connectivity index (χ4v) is 1.74. The van der Waals surface area contributed by atoms with E-state index < -0.39 is 0 Å². The molecule has 0 fully saturated rings. The number of benzene rings is 1. The van der Waals surface area contributed by atoms with Gasteiger partial charge in [-0.15, -0.1) is 0 Å². The number of nitrogens with one attached hydrogen (secondary N) is 1. The first-order chi connectivity index (χ1) is 9.60. The molecule has 0 radical (unpaired) electrons. The lowest BCUT2D eigenvalue weighted by molar-refractivity contribution is -0.139. The third-order valence-corrected chi connectivity index (χ3v) is 2.84. The van der Waals surface area contributed by atoms with Crippen LogP contribution in [-0.4, -0.2) is 28.8 Å². The molecule has 1 aromatic carbocycles. The van der Waals surface area contributed by atoms with E-state index in [4.69, 9.17) is 0 Å². The van der Waals surface area contributed by atoms with Gasteiger partial charge >= 0.3 is 5.97 Å². The second-order valence-corrected chi connectivity index (χ2v) is 4.24. The number of aryl methyl sites for hydroxylation is 1. The minimum Gasteiger partial charge on any atom is -0.469 e. The van der Waals surface area contributed by atoms with Crippen LogP contribution in [0.15, 0.2) is 36.5 Å². The number of rotatable bonds is 4. The topological polar surface area (TPSA) is 73.2 Å². The largest absolute Gasteiger partial charge is 0.469 e. The van der Waals surface area contributed by atoms with Crippen molar-refractivity contribution >= 4 is 17.6 Å². The average Bonchev–Trinajstić information content (AvgIpc) is 2.87. The normalized spacial score (nSPS) is 10.1. The molecular weight excluding hydrogens is 258 g/mol. The van der Waals surface area contributed by atoms with E-state index in [2.05, 4.69) is 15.2 Å². The molecule has 20 heavy (non-hydrogen) atoms. The summed E-state index contributed by atoms with van der Waals surface area (Å²) in [5.41, 5.74) is 1.96. The molecule has 0 bridgehead atoms. The maximum Gasteiger partial charge on any atom is 0.309 e. The van der Waals surface area contributed by atoms with Crippen molar-refractivity contribution in [3.8, 4) is 0 Å². The molecule has 6 nitrogen and oxygen atoms in total. The molecule has 2 aromatic rings. The van der Waals surface area contributed by atoms with E-state index in [9.17, 15) is 9.59 Å². The summed E-state index contributed by atoms with van der Waals surface area (Å²) in [4.78, 5) is 23.1. The highest BCUT2D eigenvalue weighted by atomic mass is 16.5. The van der Waals surface area contributed by atoms with Crippen molar-refractivity contribution in [1.29, 1.82) is 0 Å². The summed E-state index contributed by atoms with van der Waals surface area (Å²) in [7, 11) is 3.05. The van der Waals surface area contributed by atoms with Crippen LogP contribution in [0.5, 0.6) is 0 Å². The van der Waals surface area contributed by atoms with Gasteiger partial charge in [-0.3, -0.25) is 14.3 Å². The van der Waals surface area contributed by atoms with E-state index >= 15 is 0 Å². The Morgan fingerprint density at radius 3 is 2.50 bits per heavy atom.